The Morgan fingerprint density at radius 2 is 2.12 bits per heavy atom. The van der Waals surface area contributed by atoms with Crippen LogP contribution >= 0.6 is 0 Å². The molecule has 0 saturated carbocycles. The first-order chi connectivity index (χ1) is 12.5. The van der Waals surface area contributed by atoms with E-state index in [2.05, 4.69) is 16.9 Å². The molecule has 0 unspecified atom stereocenters. The molecule has 6 heteroatoms. The highest BCUT2D eigenvalue weighted by Gasteiger charge is 2.11. The van der Waals surface area contributed by atoms with Crippen LogP contribution in [0.1, 0.15) is 11.1 Å². The number of carbonyl (C=O) groups excluding carboxylic acids is 1. The number of rotatable bonds is 6. The zero-order chi connectivity index (χ0) is 18.5. The van der Waals surface area contributed by atoms with Crippen LogP contribution in [0.15, 0.2) is 67.8 Å². The summed E-state index contributed by atoms with van der Waals surface area (Å²) in [5, 5.41) is 2.66. The number of nitrogens with zero attached hydrogens (tertiary/aromatic N) is 2. The van der Waals surface area contributed by atoms with Crippen LogP contribution in [0.3, 0.4) is 0 Å². The lowest BCUT2D eigenvalue weighted by atomic mass is 10.1. The van der Waals surface area contributed by atoms with Crippen LogP contribution in [0.5, 0.6) is 5.75 Å². The summed E-state index contributed by atoms with van der Waals surface area (Å²) in [5.41, 5.74) is 2.63. The Labute approximate surface area is 150 Å². The Balaban J connectivity index is 1.69. The van der Waals surface area contributed by atoms with Gasteiger partial charge in [-0.25, -0.2) is 9.37 Å². The lowest BCUT2D eigenvalue weighted by Crippen LogP contribution is -2.21. The van der Waals surface area contributed by atoms with Gasteiger partial charge in [0.1, 0.15) is 11.6 Å². The first-order valence-corrected chi connectivity index (χ1v) is 8.00. The Bertz CT molecular complexity index is 936. The molecule has 5 nitrogen and oxygen atoms in total. The van der Waals surface area contributed by atoms with Crippen molar-refractivity contribution < 1.29 is 13.9 Å². The Kier molecular flexibility index (Phi) is 5.12. The molecule has 0 spiro atoms. The van der Waals surface area contributed by atoms with Crippen LogP contribution in [-0.4, -0.2) is 22.1 Å². The molecule has 3 rings (SSSR count). The Morgan fingerprint density at radius 3 is 2.88 bits per heavy atom. The van der Waals surface area contributed by atoms with Crippen LogP contribution in [-0.2, 0) is 4.79 Å². The summed E-state index contributed by atoms with van der Waals surface area (Å²) in [5.74, 6) is -0.257. The fourth-order valence-electron chi connectivity index (χ4n) is 2.45. The van der Waals surface area contributed by atoms with Crippen molar-refractivity contribution >= 4 is 17.3 Å². The van der Waals surface area contributed by atoms with E-state index in [9.17, 15) is 9.18 Å². The smallest absolute Gasteiger partial charge is 0.262 e. The number of nitrogens with one attached hydrogen (secondary N) is 1. The predicted molar refractivity (Wildman–Crippen MR) is 98.4 cm³/mol. The molecule has 1 N–H and O–H groups in total. The minimum Gasteiger partial charge on any atom is -0.483 e. The lowest BCUT2D eigenvalue weighted by Gasteiger charge is -2.14. The minimum absolute atomic E-state index is 0.204. The fourth-order valence-corrected chi connectivity index (χ4v) is 2.45. The molecule has 132 valence electrons. The predicted octanol–water partition coefficient (Wildman–Crippen LogP) is 3.87. The molecular weight excluding hydrogens is 333 g/mol. The first kappa shape index (κ1) is 17.4. The van der Waals surface area contributed by atoms with Gasteiger partial charge in [-0.05, 0) is 36.8 Å². The minimum atomic E-state index is -0.409. The maximum atomic E-state index is 13.3. The second-order valence-corrected chi connectivity index (χ2v) is 5.71. The van der Waals surface area contributed by atoms with Crippen LogP contribution in [0.4, 0.5) is 10.1 Å². The zero-order valence-corrected chi connectivity index (χ0v) is 14.3. The van der Waals surface area contributed by atoms with E-state index >= 15 is 0 Å². The van der Waals surface area contributed by atoms with Gasteiger partial charge < -0.3 is 14.6 Å². The summed E-state index contributed by atoms with van der Waals surface area (Å²) >= 11 is 0. The number of ether oxygens (including phenoxy) is 1. The highest BCUT2D eigenvalue weighted by Crippen LogP contribution is 2.26. The van der Waals surface area contributed by atoms with Gasteiger partial charge in [-0.1, -0.05) is 24.8 Å². The van der Waals surface area contributed by atoms with Gasteiger partial charge in [-0.15, -0.1) is 0 Å². The Hall–Kier alpha value is -3.41. The highest BCUT2D eigenvalue weighted by molar-refractivity contribution is 5.92. The molecule has 26 heavy (non-hydrogen) atoms. The van der Waals surface area contributed by atoms with Crippen molar-refractivity contribution in [2.24, 2.45) is 0 Å². The van der Waals surface area contributed by atoms with Crippen LogP contribution in [0.25, 0.3) is 5.70 Å². The molecule has 0 atom stereocenters. The molecule has 2 aromatic carbocycles. The van der Waals surface area contributed by atoms with Gasteiger partial charge in [0.2, 0.25) is 0 Å². The molecule has 0 aliphatic heterocycles. The number of hydrogen-bond acceptors (Lipinski definition) is 3. The Morgan fingerprint density at radius 1 is 1.31 bits per heavy atom. The van der Waals surface area contributed by atoms with Crippen molar-refractivity contribution in [2.45, 2.75) is 6.92 Å². The maximum Gasteiger partial charge on any atom is 0.262 e. The fraction of sp³-hybridized carbons (Fsp3) is 0.100. The van der Waals surface area contributed by atoms with E-state index in [-0.39, 0.29) is 12.5 Å². The van der Waals surface area contributed by atoms with Crippen molar-refractivity contribution in [1.82, 2.24) is 9.55 Å². The molecule has 1 amide bonds. The van der Waals surface area contributed by atoms with Gasteiger partial charge in [0.15, 0.2) is 6.61 Å². The lowest BCUT2D eigenvalue weighted by molar-refractivity contribution is -0.118. The van der Waals surface area contributed by atoms with E-state index in [0.29, 0.717) is 17.1 Å². The number of benzene rings is 2. The third-order valence-corrected chi connectivity index (χ3v) is 3.85. The third-order valence-electron chi connectivity index (χ3n) is 3.85. The standard InChI is InChI=1S/C20H18FN3O2/c1-14-7-8-16(21)11-18(14)23-20(25)12-26-19-6-4-3-5-17(19)15(2)24-10-9-22-13-24/h3-11,13H,2,12H2,1H3,(H,23,25). The van der Waals surface area contributed by atoms with E-state index in [4.69, 9.17) is 4.74 Å². The largest absolute Gasteiger partial charge is 0.483 e. The van der Waals surface area contributed by atoms with E-state index in [1.165, 1.54) is 12.1 Å². The number of aryl methyl sites for hydroxylation is 1. The number of anilines is 1. The quantitative estimate of drug-likeness (QED) is 0.733. The molecule has 1 aromatic heterocycles. The molecule has 0 bridgehead atoms. The van der Waals surface area contributed by atoms with Crippen molar-refractivity contribution in [3.05, 3.63) is 84.7 Å². The van der Waals surface area contributed by atoms with Crippen molar-refractivity contribution in [1.29, 1.82) is 0 Å². The van der Waals surface area contributed by atoms with E-state index in [1.807, 2.05) is 18.2 Å². The molecular formula is C20H18FN3O2. The van der Waals surface area contributed by atoms with E-state index < -0.39 is 5.82 Å². The molecule has 0 saturated heterocycles. The van der Waals surface area contributed by atoms with Gasteiger partial charge in [0.05, 0.1) is 12.0 Å². The number of carbonyl (C=O) groups is 1. The van der Waals surface area contributed by atoms with Gasteiger partial charge in [0, 0.05) is 23.6 Å². The van der Waals surface area contributed by atoms with Gasteiger partial charge >= 0.3 is 0 Å². The third kappa shape index (κ3) is 3.97. The average molecular weight is 351 g/mol. The van der Waals surface area contributed by atoms with Crippen molar-refractivity contribution in [3.8, 4) is 5.75 Å². The maximum absolute atomic E-state index is 13.3. The first-order valence-electron chi connectivity index (χ1n) is 8.00. The van der Waals surface area contributed by atoms with E-state index in [0.717, 1.165) is 11.1 Å². The van der Waals surface area contributed by atoms with Crippen molar-refractivity contribution in [3.63, 3.8) is 0 Å². The summed E-state index contributed by atoms with van der Waals surface area (Å²) in [6.07, 6.45) is 5.07. The van der Waals surface area contributed by atoms with Crippen LogP contribution in [0.2, 0.25) is 0 Å². The SMILES string of the molecule is C=C(c1ccccc1OCC(=O)Nc1cc(F)ccc1C)n1ccnc1. The number of hydrogen-bond donors (Lipinski definition) is 1. The van der Waals surface area contributed by atoms with Gasteiger partial charge in [-0.2, -0.15) is 0 Å². The second kappa shape index (κ2) is 7.65. The average Bonchev–Trinajstić information content (AvgIpc) is 3.17. The number of aromatic nitrogens is 2. The van der Waals surface area contributed by atoms with Crippen LogP contribution in [0, 0.1) is 12.7 Å². The van der Waals surface area contributed by atoms with Crippen LogP contribution < -0.4 is 10.1 Å². The van der Waals surface area contributed by atoms with Crippen molar-refractivity contribution in [2.75, 3.05) is 11.9 Å². The second-order valence-electron chi connectivity index (χ2n) is 5.71. The van der Waals surface area contributed by atoms with Gasteiger partial charge in [0.25, 0.3) is 5.91 Å². The summed E-state index contributed by atoms with van der Waals surface area (Å²) in [6, 6.07) is 11.5. The number of halogens is 1. The number of imidazole rings is 1. The molecule has 0 aliphatic rings. The monoisotopic (exact) mass is 351 g/mol. The zero-order valence-electron chi connectivity index (χ0n) is 14.3. The number of amides is 1. The number of para-hydroxylation sites is 1. The summed E-state index contributed by atoms with van der Waals surface area (Å²) in [4.78, 5) is 16.2. The summed E-state index contributed by atoms with van der Waals surface area (Å²) < 4.78 is 20.7. The van der Waals surface area contributed by atoms with E-state index in [1.54, 1.807) is 42.3 Å². The highest BCUT2D eigenvalue weighted by atomic mass is 19.1. The molecule has 0 radical (unpaired) electrons. The molecule has 0 aliphatic carbocycles. The summed E-state index contributed by atoms with van der Waals surface area (Å²) in [7, 11) is 0. The normalized spacial score (nSPS) is 10.4. The molecule has 0 fully saturated rings. The molecule has 1 heterocycles. The van der Waals surface area contributed by atoms with Gasteiger partial charge in [-0.3, -0.25) is 4.79 Å². The molecule has 3 aromatic rings. The topological polar surface area (TPSA) is 56.1 Å². The summed E-state index contributed by atoms with van der Waals surface area (Å²) in [6.45, 7) is 5.63.